The molecule has 1 aliphatic rings. The zero-order valence-electron chi connectivity index (χ0n) is 21.2. The summed E-state index contributed by atoms with van der Waals surface area (Å²) in [6.45, 7) is 4.70. The Morgan fingerprint density at radius 1 is 1.00 bits per heavy atom. The SMILES string of the molecule is COC(=O)C1=C(C)[C@](C(=O)OC)(/C(C)=N/Nc2ccc([N+](=O)[O-])cc2[N+](=O)[O-])NC(C)=C1c1ccccc1. The summed E-state index contributed by atoms with van der Waals surface area (Å²) in [7, 11) is 2.39. The van der Waals surface area contributed by atoms with Crippen molar-refractivity contribution in [3.63, 3.8) is 0 Å². The molecule has 0 unspecified atom stereocenters. The monoisotopic (exact) mass is 523 g/mol. The molecule has 2 aromatic carbocycles. The molecule has 0 amide bonds. The molecule has 0 saturated carbocycles. The fourth-order valence-corrected chi connectivity index (χ4v) is 4.30. The van der Waals surface area contributed by atoms with E-state index in [9.17, 15) is 29.8 Å². The first-order valence-corrected chi connectivity index (χ1v) is 11.2. The molecule has 13 heteroatoms. The van der Waals surface area contributed by atoms with Crippen molar-refractivity contribution in [3.8, 4) is 0 Å². The number of nitro groups is 2. The van der Waals surface area contributed by atoms with E-state index in [0.717, 1.165) is 18.2 Å². The van der Waals surface area contributed by atoms with Crippen LogP contribution in [0.5, 0.6) is 0 Å². The maximum atomic E-state index is 13.3. The third-order valence-electron chi connectivity index (χ3n) is 6.16. The van der Waals surface area contributed by atoms with Gasteiger partial charge in [-0.1, -0.05) is 30.3 Å². The number of benzene rings is 2. The lowest BCUT2D eigenvalue weighted by Crippen LogP contribution is -2.60. The maximum Gasteiger partial charge on any atom is 0.342 e. The number of hydrazone groups is 1. The van der Waals surface area contributed by atoms with Crippen LogP contribution in [0.2, 0.25) is 0 Å². The van der Waals surface area contributed by atoms with E-state index < -0.39 is 38.7 Å². The van der Waals surface area contributed by atoms with Crippen molar-refractivity contribution in [3.05, 3.63) is 91.2 Å². The Labute approximate surface area is 217 Å². The van der Waals surface area contributed by atoms with Crippen LogP contribution in [0, 0.1) is 20.2 Å². The highest BCUT2D eigenvalue weighted by molar-refractivity contribution is 6.19. The Bertz CT molecular complexity index is 1410. The van der Waals surface area contributed by atoms with E-state index in [-0.39, 0.29) is 22.5 Å². The predicted molar refractivity (Wildman–Crippen MR) is 138 cm³/mol. The third kappa shape index (κ3) is 4.81. The number of carbonyl (C=O) groups excluding carboxylic acids is 2. The summed E-state index contributed by atoms with van der Waals surface area (Å²) in [5.41, 5.74) is 1.56. The summed E-state index contributed by atoms with van der Waals surface area (Å²) in [5.74, 6) is -1.49. The summed E-state index contributed by atoms with van der Waals surface area (Å²) in [6.07, 6.45) is 0. The van der Waals surface area contributed by atoms with Gasteiger partial charge in [-0.15, -0.1) is 0 Å². The molecule has 0 radical (unpaired) electrons. The quantitative estimate of drug-likeness (QED) is 0.224. The van der Waals surface area contributed by atoms with Crippen molar-refractivity contribution in [1.29, 1.82) is 0 Å². The van der Waals surface area contributed by atoms with Gasteiger partial charge >= 0.3 is 17.6 Å². The van der Waals surface area contributed by atoms with Gasteiger partial charge in [0.2, 0.25) is 0 Å². The molecule has 3 rings (SSSR count). The fraction of sp³-hybridized carbons (Fsp3) is 0.240. The van der Waals surface area contributed by atoms with Crippen LogP contribution in [-0.2, 0) is 19.1 Å². The Kier molecular flexibility index (Phi) is 7.90. The van der Waals surface area contributed by atoms with Crippen LogP contribution in [0.25, 0.3) is 5.57 Å². The Morgan fingerprint density at radius 2 is 1.66 bits per heavy atom. The highest BCUT2D eigenvalue weighted by Gasteiger charge is 2.50. The summed E-state index contributed by atoms with van der Waals surface area (Å²) in [4.78, 5) is 47.4. The van der Waals surface area contributed by atoms with Crippen LogP contribution in [0.3, 0.4) is 0 Å². The highest BCUT2D eigenvalue weighted by atomic mass is 16.6. The van der Waals surface area contributed by atoms with Gasteiger partial charge in [0.25, 0.3) is 5.69 Å². The summed E-state index contributed by atoms with van der Waals surface area (Å²) < 4.78 is 10.1. The fourth-order valence-electron chi connectivity index (χ4n) is 4.30. The number of rotatable bonds is 8. The van der Waals surface area contributed by atoms with Crippen LogP contribution in [0.4, 0.5) is 17.1 Å². The van der Waals surface area contributed by atoms with Crippen LogP contribution < -0.4 is 10.7 Å². The molecule has 0 aliphatic carbocycles. The number of non-ortho nitro benzene ring substituents is 1. The molecule has 2 aromatic rings. The molecular weight excluding hydrogens is 498 g/mol. The molecule has 0 fully saturated rings. The first-order chi connectivity index (χ1) is 18.0. The zero-order valence-corrected chi connectivity index (χ0v) is 21.2. The first kappa shape index (κ1) is 27.5. The molecule has 2 N–H and O–H groups in total. The number of nitro benzene ring substituents is 2. The summed E-state index contributed by atoms with van der Waals surface area (Å²) in [6, 6.07) is 12.0. The van der Waals surface area contributed by atoms with Crippen LogP contribution in [0.1, 0.15) is 26.3 Å². The highest BCUT2D eigenvalue weighted by Crippen LogP contribution is 2.39. The number of allylic oxidation sites excluding steroid dienone is 1. The second-order valence-corrected chi connectivity index (χ2v) is 8.25. The van der Waals surface area contributed by atoms with Gasteiger partial charge < -0.3 is 14.8 Å². The molecule has 0 bridgehead atoms. The Morgan fingerprint density at radius 3 is 2.21 bits per heavy atom. The van der Waals surface area contributed by atoms with Crippen molar-refractivity contribution in [1.82, 2.24) is 5.32 Å². The molecule has 13 nitrogen and oxygen atoms in total. The summed E-state index contributed by atoms with van der Waals surface area (Å²) >= 11 is 0. The lowest BCUT2D eigenvalue weighted by atomic mass is 9.76. The third-order valence-corrected chi connectivity index (χ3v) is 6.16. The van der Waals surface area contributed by atoms with Crippen molar-refractivity contribution in [2.45, 2.75) is 26.3 Å². The van der Waals surface area contributed by atoms with Gasteiger partial charge in [0.05, 0.1) is 41.4 Å². The van der Waals surface area contributed by atoms with Gasteiger partial charge in [-0.2, -0.15) is 5.10 Å². The lowest BCUT2D eigenvalue weighted by Gasteiger charge is -2.39. The topological polar surface area (TPSA) is 175 Å². The van der Waals surface area contributed by atoms with Crippen molar-refractivity contribution < 1.29 is 28.9 Å². The smallest absolute Gasteiger partial charge is 0.342 e. The zero-order chi connectivity index (χ0) is 28.2. The number of hydrogen-bond donors (Lipinski definition) is 2. The number of methoxy groups -OCH3 is 2. The molecule has 1 heterocycles. The van der Waals surface area contributed by atoms with Crippen LogP contribution in [-0.4, -0.2) is 47.3 Å². The van der Waals surface area contributed by atoms with Crippen LogP contribution >= 0.6 is 0 Å². The van der Waals surface area contributed by atoms with E-state index in [4.69, 9.17) is 9.47 Å². The Balaban J connectivity index is 2.20. The van der Waals surface area contributed by atoms with Gasteiger partial charge in [-0.3, -0.25) is 25.7 Å². The van der Waals surface area contributed by atoms with E-state index in [1.807, 2.05) is 6.07 Å². The minimum absolute atomic E-state index is 0.0439. The number of esters is 2. The predicted octanol–water partition coefficient (Wildman–Crippen LogP) is 3.73. The van der Waals surface area contributed by atoms with Gasteiger partial charge in [0.1, 0.15) is 5.69 Å². The summed E-state index contributed by atoms with van der Waals surface area (Å²) in [5, 5.41) is 29.9. The largest absolute Gasteiger partial charge is 0.467 e. The van der Waals surface area contributed by atoms with E-state index in [1.165, 1.54) is 21.1 Å². The van der Waals surface area contributed by atoms with Gasteiger partial charge in [-0.25, -0.2) is 9.59 Å². The number of anilines is 1. The van der Waals surface area contributed by atoms with E-state index >= 15 is 0 Å². The van der Waals surface area contributed by atoms with E-state index in [1.54, 1.807) is 38.1 Å². The second kappa shape index (κ2) is 10.9. The number of ether oxygens (including phenoxy) is 2. The maximum absolute atomic E-state index is 13.3. The van der Waals surface area contributed by atoms with Crippen molar-refractivity contribution in [2.75, 3.05) is 19.6 Å². The number of dihydropyridines is 1. The van der Waals surface area contributed by atoms with Gasteiger partial charge in [0, 0.05) is 17.3 Å². The number of hydrogen-bond acceptors (Lipinski definition) is 11. The Hall–Kier alpha value is -5.07. The van der Waals surface area contributed by atoms with E-state index in [2.05, 4.69) is 15.8 Å². The van der Waals surface area contributed by atoms with Gasteiger partial charge in [0.15, 0.2) is 5.54 Å². The first-order valence-electron chi connectivity index (χ1n) is 11.2. The minimum atomic E-state index is -1.79. The molecule has 198 valence electrons. The van der Waals surface area contributed by atoms with Crippen LogP contribution in [0.15, 0.2) is 70.5 Å². The molecule has 0 spiro atoms. The molecule has 38 heavy (non-hydrogen) atoms. The lowest BCUT2D eigenvalue weighted by molar-refractivity contribution is -0.393. The minimum Gasteiger partial charge on any atom is -0.467 e. The molecule has 0 aromatic heterocycles. The van der Waals surface area contributed by atoms with Gasteiger partial charge in [-0.05, 0) is 38.0 Å². The average molecular weight is 524 g/mol. The normalized spacial score (nSPS) is 17.4. The molecule has 0 saturated heterocycles. The van der Waals surface area contributed by atoms with Crippen molar-refractivity contribution in [2.24, 2.45) is 5.10 Å². The number of nitrogens with one attached hydrogen (secondary N) is 2. The van der Waals surface area contributed by atoms with Crippen molar-refractivity contribution >= 4 is 40.3 Å². The average Bonchev–Trinajstić information content (AvgIpc) is 2.91. The standard InChI is InChI=1S/C25H25N5O8/c1-14-21(23(31)37-4)22(17-9-7-6-8-10-17)15(2)26-25(14,24(32)38-5)16(3)27-28-19-12-11-18(29(33)34)13-20(19)30(35)36/h6-13,26,28H,1-5H3/b27-16+/t25-/m1/s1. The number of nitrogens with zero attached hydrogens (tertiary/aromatic N) is 3. The number of carbonyl (C=O) groups is 2. The molecule has 1 aliphatic heterocycles. The second-order valence-electron chi connectivity index (χ2n) is 8.25. The van der Waals surface area contributed by atoms with E-state index in [0.29, 0.717) is 16.8 Å². The molecule has 1 atom stereocenters. The molecular formula is C25H25N5O8.